The van der Waals surface area contributed by atoms with Gasteiger partial charge in [-0.3, -0.25) is 0 Å². The van der Waals surface area contributed by atoms with Crippen molar-refractivity contribution in [1.29, 1.82) is 0 Å². The van der Waals surface area contributed by atoms with E-state index in [-0.39, 0.29) is 0 Å². The molecule has 0 saturated carbocycles. The molecule has 4 aromatic rings. The fraction of sp³-hybridized carbons (Fsp3) is 0.158. The van der Waals surface area contributed by atoms with Crippen molar-refractivity contribution in [3.8, 4) is 11.4 Å². The van der Waals surface area contributed by atoms with Crippen LogP contribution < -0.4 is 4.74 Å². The lowest BCUT2D eigenvalue weighted by Crippen LogP contribution is -1.97. The quantitative estimate of drug-likeness (QED) is 0.567. The van der Waals surface area contributed by atoms with Gasteiger partial charge in [0.2, 0.25) is 0 Å². The number of rotatable bonds is 3. The van der Waals surface area contributed by atoms with E-state index in [9.17, 15) is 0 Å². The molecule has 0 atom stereocenters. The number of benzene rings is 2. The molecule has 0 amide bonds. The fourth-order valence-corrected chi connectivity index (χ4v) is 2.83. The molecule has 0 fully saturated rings. The molecule has 0 unspecified atom stereocenters. The van der Waals surface area contributed by atoms with Crippen LogP contribution in [0.3, 0.4) is 0 Å². The minimum Gasteiger partial charge on any atom is -0.494 e. The van der Waals surface area contributed by atoms with E-state index < -0.39 is 0 Å². The molecule has 0 radical (unpaired) electrons. The van der Waals surface area contributed by atoms with Crippen LogP contribution in [0.1, 0.15) is 12.6 Å². The highest BCUT2D eigenvalue weighted by atomic mass is 16.5. The van der Waals surface area contributed by atoms with Crippen molar-refractivity contribution in [3.63, 3.8) is 0 Å². The predicted octanol–water partition coefficient (Wildman–Crippen LogP) is 4.28. The van der Waals surface area contributed by atoms with E-state index in [1.165, 1.54) is 0 Å². The number of ether oxygens (including phenoxy) is 1. The van der Waals surface area contributed by atoms with E-state index in [1.54, 1.807) is 0 Å². The number of para-hydroxylation sites is 1. The van der Waals surface area contributed by atoms with Crippen LogP contribution in [0.25, 0.3) is 27.6 Å². The number of aromatic nitrogens is 3. The molecule has 2 aromatic carbocycles. The zero-order valence-corrected chi connectivity index (χ0v) is 13.2. The third-order valence-electron chi connectivity index (χ3n) is 3.92. The standard InChI is InChI=1S/C19H17N3O/c1-3-23-16-9-10-18-14(11-16)12-17-13(2)21-22(19(17)20-18)15-7-5-4-6-8-15/h4-12H,3H2,1-2H3. The zero-order valence-electron chi connectivity index (χ0n) is 13.2. The molecule has 114 valence electrons. The van der Waals surface area contributed by atoms with E-state index in [1.807, 2.05) is 67.1 Å². The number of fused-ring (bicyclic) bond motifs is 2. The average Bonchev–Trinajstić information content (AvgIpc) is 2.90. The Morgan fingerprint density at radius 3 is 2.65 bits per heavy atom. The summed E-state index contributed by atoms with van der Waals surface area (Å²) < 4.78 is 7.49. The van der Waals surface area contributed by atoms with Crippen LogP contribution in [0, 0.1) is 6.92 Å². The number of aryl methyl sites for hydroxylation is 1. The largest absolute Gasteiger partial charge is 0.494 e. The summed E-state index contributed by atoms with van der Waals surface area (Å²) in [5, 5.41) is 6.80. The van der Waals surface area contributed by atoms with Crippen LogP contribution in [-0.2, 0) is 0 Å². The smallest absolute Gasteiger partial charge is 0.163 e. The van der Waals surface area contributed by atoms with Crippen molar-refractivity contribution < 1.29 is 4.74 Å². The highest BCUT2D eigenvalue weighted by molar-refractivity contribution is 5.93. The second kappa shape index (κ2) is 5.39. The van der Waals surface area contributed by atoms with Crippen LogP contribution in [0.15, 0.2) is 54.6 Å². The third kappa shape index (κ3) is 2.32. The molecular formula is C19H17N3O. The zero-order chi connectivity index (χ0) is 15.8. The van der Waals surface area contributed by atoms with Gasteiger partial charge >= 0.3 is 0 Å². The normalized spacial score (nSPS) is 11.2. The lowest BCUT2D eigenvalue weighted by molar-refractivity contribution is 0.340. The topological polar surface area (TPSA) is 39.9 Å². The Morgan fingerprint density at radius 1 is 1.04 bits per heavy atom. The second-order valence-corrected chi connectivity index (χ2v) is 5.48. The number of hydrogen-bond donors (Lipinski definition) is 0. The Hall–Kier alpha value is -2.88. The van der Waals surface area contributed by atoms with Crippen LogP contribution >= 0.6 is 0 Å². The van der Waals surface area contributed by atoms with Gasteiger partial charge in [0.15, 0.2) is 5.65 Å². The molecule has 0 N–H and O–H groups in total. The molecule has 0 bridgehead atoms. The molecule has 2 aromatic heterocycles. The number of nitrogens with zero attached hydrogens (tertiary/aromatic N) is 3. The van der Waals surface area contributed by atoms with E-state index >= 15 is 0 Å². The van der Waals surface area contributed by atoms with Gasteiger partial charge in [-0.2, -0.15) is 5.10 Å². The monoisotopic (exact) mass is 303 g/mol. The first-order valence-electron chi connectivity index (χ1n) is 7.74. The lowest BCUT2D eigenvalue weighted by Gasteiger charge is -2.06. The molecule has 4 rings (SSSR count). The molecule has 0 spiro atoms. The summed E-state index contributed by atoms with van der Waals surface area (Å²) in [6.07, 6.45) is 0. The number of pyridine rings is 1. The Bertz CT molecular complexity index is 990. The van der Waals surface area contributed by atoms with Gasteiger partial charge in [0.25, 0.3) is 0 Å². The van der Waals surface area contributed by atoms with E-state index in [4.69, 9.17) is 9.72 Å². The maximum Gasteiger partial charge on any atom is 0.163 e. The molecule has 0 saturated heterocycles. The van der Waals surface area contributed by atoms with Crippen molar-refractivity contribution in [2.24, 2.45) is 0 Å². The van der Waals surface area contributed by atoms with Crippen molar-refractivity contribution in [1.82, 2.24) is 14.8 Å². The van der Waals surface area contributed by atoms with Gasteiger partial charge < -0.3 is 4.74 Å². The predicted molar refractivity (Wildman–Crippen MR) is 92.3 cm³/mol. The summed E-state index contributed by atoms with van der Waals surface area (Å²) in [6, 6.07) is 18.2. The Labute approximate surface area is 134 Å². The molecule has 0 aliphatic heterocycles. The third-order valence-corrected chi connectivity index (χ3v) is 3.92. The van der Waals surface area contributed by atoms with Crippen molar-refractivity contribution in [2.45, 2.75) is 13.8 Å². The minimum atomic E-state index is 0.659. The van der Waals surface area contributed by atoms with Crippen molar-refractivity contribution >= 4 is 21.9 Å². The van der Waals surface area contributed by atoms with Gasteiger partial charge in [-0.15, -0.1) is 0 Å². The molecule has 4 heteroatoms. The highest BCUT2D eigenvalue weighted by Gasteiger charge is 2.12. The summed E-state index contributed by atoms with van der Waals surface area (Å²) in [5.74, 6) is 0.870. The molecular weight excluding hydrogens is 286 g/mol. The summed E-state index contributed by atoms with van der Waals surface area (Å²) >= 11 is 0. The highest BCUT2D eigenvalue weighted by Crippen LogP contribution is 2.27. The first-order valence-corrected chi connectivity index (χ1v) is 7.74. The van der Waals surface area contributed by atoms with Crippen LogP contribution in [-0.4, -0.2) is 21.4 Å². The Morgan fingerprint density at radius 2 is 1.87 bits per heavy atom. The molecule has 2 heterocycles. The maximum atomic E-state index is 5.58. The average molecular weight is 303 g/mol. The Balaban J connectivity index is 1.97. The SMILES string of the molecule is CCOc1ccc2nc3c(cc2c1)c(C)nn3-c1ccccc1. The fourth-order valence-electron chi connectivity index (χ4n) is 2.83. The summed E-state index contributed by atoms with van der Waals surface area (Å²) in [7, 11) is 0. The molecule has 0 aliphatic carbocycles. The first kappa shape index (κ1) is 13.8. The van der Waals surface area contributed by atoms with Crippen molar-refractivity contribution in [3.05, 3.63) is 60.3 Å². The van der Waals surface area contributed by atoms with E-state index in [0.29, 0.717) is 6.61 Å². The lowest BCUT2D eigenvalue weighted by atomic mass is 10.1. The van der Waals surface area contributed by atoms with Crippen LogP contribution in [0.2, 0.25) is 0 Å². The van der Waals surface area contributed by atoms with E-state index in [0.717, 1.165) is 39.1 Å². The van der Waals surface area contributed by atoms with Crippen molar-refractivity contribution in [2.75, 3.05) is 6.61 Å². The molecule has 4 nitrogen and oxygen atoms in total. The van der Waals surface area contributed by atoms with Gasteiger partial charge in [0, 0.05) is 10.8 Å². The summed E-state index contributed by atoms with van der Waals surface area (Å²) in [4.78, 5) is 4.82. The van der Waals surface area contributed by atoms with Gasteiger partial charge in [-0.1, -0.05) is 18.2 Å². The molecule has 0 aliphatic rings. The first-order chi connectivity index (χ1) is 11.3. The molecule has 23 heavy (non-hydrogen) atoms. The summed E-state index contributed by atoms with van der Waals surface area (Å²) in [5.41, 5.74) is 3.81. The van der Waals surface area contributed by atoms with Crippen LogP contribution in [0.5, 0.6) is 5.75 Å². The van der Waals surface area contributed by atoms with Gasteiger partial charge in [0.1, 0.15) is 5.75 Å². The minimum absolute atomic E-state index is 0.659. The van der Waals surface area contributed by atoms with Gasteiger partial charge in [-0.25, -0.2) is 9.67 Å². The summed E-state index contributed by atoms with van der Waals surface area (Å²) in [6.45, 7) is 4.66. The second-order valence-electron chi connectivity index (χ2n) is 5.48. The van der Waals surface area contributed by atoms with Crippen LogP contribution in [0.4, 0.5) is 0 Å². The maximum absolute atomic E-state index is 5.58. The van der Waals surface area contributed by atoms with Gasteiger partial charge in [0.05, 0.1) is 23.5 Å². The Kier molecular flexibility index (Phi) is 3.23. The van der Waals surface area contributed by atoms with Gasteiger partial charge in [-0.05, 0) is 50.2 Å². The number of hydrogen-bond acceptors (Lipinski definition) is 3. The van der Waals surface area contributed by atoms with E-state index in [2.05, 4.69) is 11.2 Å².